The zero-order valence-electron chi connectivity index (χ0n) is 13.1. The Balaban J connectivity index is 1.63. The normalized spacial score (nSPS) is 18.4. The van der Waals surface area contributed by atoms with Crippen LogP contribution in [-0.2, 0) is 0 Å². The first-order valence-corrected chi connectivity index (χ1v) is 7.77. The van der Waals surface area contributed by atoms with Crippen molar-refractivity contribution in [3.05, 3.63) is 24.3 Å². The van der Waals surface area contributed by atoms with Gasteiger partial charge in [-0.3, -0.25) is 0 Å². The van der Waals surface area contributed by atoms with Crippen LogP contribution in [0.5, 0.6) is 11.5 Å². The van der Waals surface area contributed by atoms with Gasteiger partial charge in [-0.1, -0.05) is 19.8 Å². The van der Waals surface area contributed by atoms with Crippen molar-refractivity contribution < 1.29 is 14.6 Å². The molecule has 1 saturated carbocycles. The highest BCUT2D eigenvalue weighted by atomic mass is 16.5. The van der Waals surface area contributed by atoms with Crippen LogP contribution in [0.25, 0.3) is 0 Å². The van der Waals surface area contributed by atoms with Gasteiger partial charge in [-0.05, 0) is 42.5 Å². The molecule has 1 unspecified atom stereocenters. The smallest absolute Gasteiger partial charge is 0.119 e. The van der Waals surface area contributed by atoms with Gasteiger partial charge in [0.25, 0.3) is 0 Å². The summed E-state index contributed by atoms with van der Waals surface area (Å²) in [7, 11) is 1.64. The van der Waals surface area contributed by atoms with E-state index in [1.807, 2.05) is 24.3 Å². The zero-order chi connectivity index (χ0) is 15.1. The van der Waals surface area contributed by atoms with Crippen molar-refractivity contribution in [1.82, 2.24) is 5.32 Å². The number of rotatable bonds is 8. The summed E-state index contributed by atoms with van der Waals surface area (Å²) in [5, 5.41) is 13.3. The number of methoxy groups -OCH3 is 1. The Hall–Kier alpha value is -1.26. The molecule has 1 aliphatic rings. The fourth-order valence-electron chi connectivity index (χ4n) is 2.87. The molecular weight excluding hydrogens is 266 g/mol. The maximum Gasteiger partial charge on any atom is 0.119 e. The van der Waals surface area contributed by atoms with E-state index in [0.717, 1.165) is 18.0 Å². The van der Waals surface area contributed by atoms with E-state index in [-0.39, 0.29) is 0 Å². The summed E-state index contributed by atoms with van der Waals surface area (Å²) in [6.45, 7) is 4.18. The second-order valence-electron chi connectivity index (χ2n) is 6.29. The van der Waals surface area contributed by atoms with Gasteiger partial charge in [-0.2, -0.15) is 0 Å². The summed E-state index contributed by atoms with van der Waals surface area (Å²) >= 11 is 0. The van der Waals surface area contributed by atoms with Gasteiger partial charge in [0.2, 0.25) is 0 Å². The van der Waals surface area contributed by atoms with E-state index in [1.54, 1.807) is 7.11 Å². The van der Waals surface area contributed by atoms with Crippen LogP contribution in [0.3, 0.4) is 0 Å². The van der Waals surface area contributed by atoms with Gasteiger partial charge < -0.3 is 19.9 Å². The predicted octanol–water partition coefficient (Wildman–Crippen LogP) is 2.60. The highest BCUT2D eigenvalue weighted by Crippen LogP contribution is 2.36. The Morgan fingerprint density at radius 3 is 2.43 bits per heavy atom. The maximum atomic E-state index is 9.96. The third-order valence-electron chi connectivity index (χ3n) is 4.24. The van der Waals surface area contributed by atoms with Gasteiger partial charge in [0.05, 0.1) is 7.11 Å². The molecule has 1 aromatic rings. The third kappa shape index (κ3) is 5.21. The van der Waals surface area contributed by atoms with Gasteiger partial charge in [-0.15, -0.1) is 0 Å². The molecule has 0 aromatic heterocycles. The van der Waals surface area contributed by atoms with Crippen molar-refractivity contribution in [1.29, 1.82) is 0 Å². The van der Waals surface area contributed by atoms with Crippen molar-refractivity contribution in [2.24, 2.45) is 5.41 Å². The summed E-state index contributed by atoms with van der Waals surface area (Å²) in [6.07, 6.45) is 4.76. The highest BCUT2D eigenvalue weighted by molar-refractivity contribution is 5.31. The first kappa shape index (κ1) is 16.1. The third-order valence-corrected chi connectivity index (χ3v) is 4.24. The molecule has 21 heavy (non-hydrogen) atoms. The topological polar surface area (TPSA) is 50.7 Å². The fraction of sp³-hybridized carbons (Fsp3) is 0.647. The minimum absolute atomic E-state index is 0.302. The quantitative estimate of drug-likeness (QED) is 0.773. The average molecular weight is 293 g/mol. The summed E-state index contributed by atoms with van der Waals surface area (Å²) < 4.78 is 10.7. The fourth-order valence-corrected chi connectivity index (χ4v) is 2.87. The van der Waals surface area contributed by atoms with E-state index in [0.29, 0.717) is 18.6 Å². The van der Waals surface area contributed by atoms with Gasteiger partial charge in [0.1, 0.15) is 24.2 Å². The Kier molecular flexibility index (Phi) is 5.88. The van der Waals surface area contributed by atoms with Crippen LogP contribution in [0, 0.1) is 5.41 Å². The van der Waals surface area contributed by atoms with E-state index in [9.17, 15) is 5.11 Å². The lowest BCUT2D eigenvalue weighted by Crippen LogP contribution is -2.37. The van der Waals surface area contributed by atoms with Gasteiger partial charge in [0, 0.05) is 13.1 Å². The van der Waals surface area contributed by atoms with Crippen LogP contribution in [0.4, 0.5) is 0 Å². The number of benzene rings is 1. The molecule has 0 aliphatic heterocycles. The molecule has 0 bridgehead atoms. The van der Waals surface area contributed by atoms with Crippen LogP contribution in [-0.4, -0.2) is 38.0 Å². The molecule has 0 spiro atoms. The van der Waals surface area contributed by atoms with Crippen LogP contribution in [0.15, 0.2) is 24.3 Å². The lowest BCUT2D eigenvalue weighted by atomic mass is 9.89. The number of aliphatic hydroxyl groups excluding tert-OH is 1. The Morgan fingerprint density at radius 2 is 1.81 bits per heavy atom. The van der Waals surface area contributed by atoms with Gasteiger partial charge >= 0.3 is 0 Å². The lowest BCUT2D eigenvalue weighted by Gasteiger charge is -2.24. The minimum Gasteiger partial charge on any atom is -0.497 e. The van der Waals surface area contributed by atoms with Crippen LogP contribution in [0.2, 0.25) is 0 Å². The van der Waals surface area contributed by atoms with Crippen LogP contribution >= 0.6 is 0 Å². The molecule has 1 aromatic carbocycles. The number of ether oxygens (including phenoxy) is 2. The molecule has 4 heteroatoms. The van der Waals surface area contributed by atoms with Crippen LogP contribution in [0.1, 0.15) is 32.6 Å². The summed E-state index contributed by atoms with van der Waals surface area (Å²) in [4.78, 5) is 0. The Labute approximate surface area is 127 Å². The molecule has 1 fully saturated rings. The maximum absolute atomic E-state index is 9.96. The van der Waals surface area contributed by atoms with Crippen molar-refractivity contribution >= 4 is 0 Å². The lowest BCUT2D eigenvalue weighted by molar-refractivity contribution is 0.103. The number of nitrogens with one attached hydrogen (secondary N) is 1. The zero-order valence-corrected chi connectivity index (χ0v) is 13.1. The van der Waals surface area contributed by atoms with Crippen molar-refractivity contribution in [3.63, 3.8) is 0 Å². The molecule has 0 amide bonds. The largest absolute Gasteiger partial charge is 0.497 e. The molecule has 0 saturated heterocycles. The molecule has 2 rings (SSSR count). The van der Waals surface area contributed by atoms with E-state index in [4.69, 9.17) is 9.47 Å². The molecule has 118 valence electrons. The first-order valence-electron chi connectivity index (χ1n) is 7.77. The van der Waals surface area contributed by atoms with Crippen molar-refractivity contribution in [2.75, 3.05) is 26.8 Å². The average Bonchev–Trinajstić information content (AvgIpc) is 2.92. The molecule has 0 heterocycles. The Morgan fingerprint density at radius 1 is 1.19 bits per heavy atom. The second-order valence-corrected chi connectivity index (χ2v) is 6.29. The van der Waals surface area contributed by atoms with Crippen molar-refractivity contribution in [3.8, 4) is 11.5 Å². The van der Waals surface area contributed by atoms with E-state index < -0.39 is 6.10 Å². The number of hydrogen-bond acceptors (Lipinski definition) is 4. The highest BCUT2D eigenvalue weighted by Gasteiger charge is 2.28. The van der Waals surface area contributed by atoms with E-state index in [1.165, 1.54) is 25.7 Å². The predicted molar refractivity (Wildman–Crippen MR) is 83.9 cm³/mol. The van der Waals surface area contributed by atoms with E-state index >= 15 is 0 Å². The van der Waals surface area contributed by atoms with E-state index in [2.05, 4.69) is 12.2 Å². The Bertz CT molecular complexity index is 413. The van der Waals surface area contributed by atoms with Crippen LogP contribution < -0.4 is 14.8 Å². The molecule has 0 radical (unpaired) electrons. The molecule has 2 N–H and O–H groups in total. The van der Waals surface area contributed by atoms with Gasteiger partial charge in [0.15, 0.2) is 0 Å². The standard InChI is InChI=1S/C17H27NO3/c1-17(9-3-4-10-17)13-18-11-14(19)12-21-16-7-5-15(20-2)6-8-16/h5-8,14,18-19H,3-4,9-13H2,1-2H3. The molecule has 1 atom stereocenters. The first-order chi connectivity index (χ1) is 10.1. The van der Waals surface area contributed by atoms with Gasteiger partial charge in [-0.25, -0.2) is 0 Å². The summed E-state index contributed by atoms with van der Waals surface area (Å²) in [6, 6.07) is 7.39. The monoisotopic (exact) mass is 293 g/mol. The summed E-state index contributed by atoms with van der Waals surface area (Å²) in [5.74, 6) is 1.55. The SMILES string of the molecule is COc1ccc(OCC(O)CNCC2(C)CCCC2)cc1. The number of hydrogen-bond donors (Lipinski definition) is 2. The molecule has 4 nitrogen and oxygen atoms in total. The molecule has 1 aliphatic carbocycles. The molecular formula is C17H27NO3. The number of aliphatic hydroxyl groups is 1. The summed E-state index contributed by atoms with van der Waals surface area (Å²) in [5.41, 5.74) is 0.413. The van der Waals surface area contributed by atoms with Crippen molar-refractivity contribution in [2.45, 2.75) is 38.7 Å². The minimum atomic E-state index is -0.489. The second kappa shape index (κ2) is 7.66.